The minimum atomic E-state index is 1.08. The zero-order chi connectivity index (χ0) is 9.54. The predicted octanol–water partition coefficient (Wildman–Crippen LogP) is -0.331. The van der Waals surface area contributed by atoms with E-state index in [0.29, 0.717) is 0 Å². The third-order valence-electron chi connectivity index (χ3n) is 2.19. The number of pyridine rings is 1. The highest BCUT2D eigenvalue weighted by Gasteiger charge is 2.19. The van der Waals surface area contributed by atoms with E-state index in [1.807, 2.05) is 7.05 Å². The second-order valence-electron chi connectivity index (χ2n) is 3.18. The number of hydrogen-bond acceptors (Lipinski definition) is 4. The van der Waals surface area contributed by atoms with Crippen molar-refractivity contribution in [3.8, 4) is 0 Å². The van der Waals surface area contributed by atoms with Crippen molar-refractivity contribution in [3.63, 3.8) is 0 Å². The summed E-state index contributed by atoms with van der Waals surface area (Å²) < 4.78 is 9.56. The molecular formula is C9H8N3S2+. The maximum Gasteiger partial charge on any atom is 0.178 e. The predicted molar refractivity (Wildman–Crippen MR) is 60.5 cm³/mol. The Kier molecular flexibility index (Phi) is 1.81. The van der Waals surface area contributed by atoms with Crippen molar-refractivity contribution >= 4 is 40.0 Å². The van der Waals surface area contributed by atoms with Crippen LogP contribution in [0.15, 0.2) is 22.9 Å². The van der Waals surface area contributed by atoms with Crippen LogP contribution in [-0.2, 0) is 7.05 Å². The van der Waals surface area contributed by atoms with Crippen LogP contribution in [0.4, 0.5) is 0 Å². The molecule has 0 aromatic carbocycles. The van der Waals surface area contributed by atoms with E-state index in [0.717, 1.165) is 10.7 Å². The van der Waals surface area contributed by atoms with Gasteiger partial charge in [0, 0.05) is 11.3 Å². The molecule has 14 heavy (non-hydrogen) atoms. The fourth-order valence-electron chi connectivity index (χ4n) is 1.49. The first-order chi connectivity index (χ1) is 6.84. The Balaban J connectivity index is 2.44. The molecule has 2 aliphatic rings. The number of nitrogens with zero attached hydrogens (tertiary/aromatic N) is 2. The fraction of sp³-hybridized carbons (Fsp3) is 0.111. The first kappa shape index (κ1) is 8.38. The Morgan fingerprint density at radius 3 is 3.36 bits per heavy atom. The van der Waals surface area contributed by atoms with Crippen LogP contribution in [0.3, 0.4) is 0 Å². The van der Waals surface area contributed by atoms with E-state index in [4.69, 9.17) is 0 Å². The van der Waals surface area contributed by atoms with Crippen LogP contribution < -0.4 is 19.7 Å². The quantitative estimate of drug-likeness (QED) is 0.481. The molecule has 0 amide bonds. The molecule has 3 heterocycles. The summed E-state index contributed by atoms with van der Waals surface area (Å²) in [7, 11) is 2.03. The normalized spacial score (nSPS) is 17.8. The van der Waals surface area contributed by atoms with E-state index in [9.17, 15) is 0 Å². The lowest BCUT2D eigenvalue weighted by molar-refractivity contribution is -0.672. The largest absolute Gasteiger partial charge is 0.307 e. The average Bonchev–Trinajstić information content (AvgIpc) is 2.65. The highest BCUT2D eigenvalue weighted by Crippen LogP contribution is 2.24. The van der Waals surface area contributed by atoms with E-state index < -0.39 is 0 Å². The van der Waals surface area contributed by atoms with Crippen LogP contribution in [0, 0.1) is 0 Å². The molecule has 0 spiro atoms. The zero-order valence-electron chi connectivity index (χ0n) is 7.52. The Labute approximate surface area is 89.9 Å². The zero-order valence-corrected chi connectivity index (χ0v) is 9.15. The van der Waals surface area contributed by atoms with E-state index in [-0.39, 0.29) is 0 Å². The molecule has 1 aromatic rings. The molecule has 2 aliphatic heterocycles. The van der Waals surface area contributed by atoms with E-state index >= 15 is 0 Å². The van der Waals surface area contributed by atoms with Gasteiger partial charge in [0.15, 0.2) is 12.4 Å². The van der Waals surface area contributed by atoms with Gasteiger partial charge in [0.05, 0.1) is 23.0 Å². The third-order valence-corrected chi connectivity index (χ3v) is 3.77. The number of nitrogens with one attached hydrogen (secondary N) is 1. The first-order valence-corrected chi connectivity index (χ1v) is 5.87. The maximum atomic E-state index is 4.29. The lowest BCUT2D eigenvalue weighted by Gasteiger charge is -2.04. The summed E-state index contributed by atoms with van der Waals surface area (Å²) in [6.07, 6.45) is 4.18. The molecule has 0 bridgehead atoms. The van der Waals surface area contributed by atoms with Crippen molar-refractivity contribution in [2.45, 2.75) is 0 Å². The van der Waals surface area contributed by atoms with Gasteiger partial charge in [-0.25, -0.2) is 4.57 Å². The fourth-order valence-corrected chi connectivity index (χ4v) is 3.08. The van der Waals surface area contributed by atoms with Crippen LogP contribution in [0.25, 0.3) is 11.1 Å². The van der Waals surface area contributed by atoms with Crippen LogP contribution >= 0.6 is 23.9 Å². The molecule has 0 fully saturated rings. The molecule has 70 valence electrons. The molecule has 1 aromatic heterocycles. The van der Waals surface area contributed by atoms with Gasteiger partial charge in [0.1, 0.15) is 12.1 Å². The lowest BCUT2D eigenvalue weighted by atomic mass is 10.2. The SMILES string of the molecule is C[n+]1ccc2c(c1)=C1NSN=C1SC=2. The number of rotatable bonds is 0. The summed E-state index contributed by atoms with van der Waals surface area (Å²) in [5.41, 5.74) is 1.15. The summed E-state index contributed by atoms with van der Waals surface area (Å²) in [5, 5.41) is 5.72. The number of aromatic nitrogens is 1. The van der Waals surface area contributed by atoms with Crippen molar-refractivity contribution in [2.24, 2.45) is 11.4 Å². The summed E-state index contributed by atoms with van der Waals surface area (Å²) in [6, 6.07) is 2.12. The molecule has 0 radical (unpaired) electrons. The van der Waals surface area contributed by atoms with Gasteiger partial charge >= 0.3 is 0 Å². The molecule has 0 unspecified atom stereocenters. The molecule has 0 saturated heterocycles. The van der Waals surface area contributed by atoms with Gasteiger partial charge in [-0.05, 0) is 5.41 Å². The monoisotopic (exact) mass is 222 g/mol. The van der Waals surface area contributed by atoms with E-state index in [2.05, 4.69) is 37.6 Å². The van der Waals surface area contributed by atoms with Crippen molar-refractivity contribution in [1.29, 1.82) is 0 Å². The number of hydrogen-bond donors (Lipinski definition) is 1. The molecule has 5 heteroatoms. The van der Waals surface area contributed by atoms with Gasteiger partial charge in [-0.15, -0.1) is 0 Å². The minimum absolute atomic E-state index is 1.08. The summed E-state index contributed by atoms with van der Waals surface area (Å²) in [5.74, 6) is 0. The van der Waals surface area contributed by atoms with E-state index in [1.54, 1.807) is 11.8 Å². The second kappa shape index (κ2) is 3.03. The number of thioether (sulfide) groups is 1. The summed E-state index contributed by atoms with van der Waals surface area (Å²) >= 11 is 3.08. The van der Waals surface area contributed by atoms with Gasteiger partial charge < -0.3 is 4.72 Å². The van der Waals surface area contributed by atoms with E-state index in [1.165, 1.54) is 22.6 Å². The number of aryl methyl sites for hydroxylation is 1. The molecule has 1 N–H and O–H groups in total. The first-order valence-electron chi connectivity index (χ1n) is 4.21. The maximum absolute atomic E-state index is 4.29. The topological polar surface area (TPSA) is 28.3 Å². The average molecular weight is 222 g/mol. The summed E-state index contributed by atoms with van der Waals surface area (Å²) in [6.45, 7) is 0. The smallest absolute Gasteiger partial charge is 0.178 e. The second-order valence-corrected chi connectivity index (χ2v) is 4.61. The highest BCUT2D eigenvalue weighted by atomic mass is 32.2. The molecule has 0 saturated carbocycles. The van der Waals surface area contributed by atoms with Crippen molar-refractivity contribution in [2.75, 3.05) is 0 Å². The Hall–Kier alpha value is -0.940. The van der Waals surface area contributed by atoms with Gasteiger partial charge in [0.2, 0.25) is 0 Å². The van der Waals surface area contributed by atoms with Crippen LogP contribution in [-0.4, -0.2) is 5.04 Å². The van der Waals surface area contributed by atoms with Crippen molar-refractivity contribution < 1.29 is 4.57 Å². The Bertz CT molecular complexity index is 548. The van der Waals surface area contributed by atoms with Crippen LogP contribution in [0.5, 0.6) is 0 Å². The summed E-state index contributed by atoms with van der Waals surface area (Å²) in [4.78, 5) is 0. The van der Waals surface area contributed by atoms with Gasteiger partial charge in [-0.3, -0.25) is 0 Å². The van der Waals surface area contributed by atoms with Crippen LogP contribution in [0.1, 0.15) is 0 Å². The standard InChI is InChI=1S/C9H7N3S2/c1-12-3-2-6-5-13-9-8(7(6)4-12)10-14-11-9/h2-5H,1H3/p+1. The minimum Gasteiger partial charge on any atom is -0.307 e. The molecule has 0 atom stereocenters. The molecule has 3 rings (SSSR count). The van der Waals surface area contributed by atoms with Gasteiger partial charge in [-0.2, -0.15) is 4.40 Å². The van der Waals surface area contributed by atoms with Crippen molar-refractivity contribution in [1.82, 2.24) is 4.72 Å². The van der Waals surface area contributed by atoms with Crippen molar-refractivity contribution in [3.05, 3.63) is 28.9 Å². The van der Waals surface area contributed by atoms with Gasteiger partial charge in [0.25, 0.3) is 0 Å². The third kappa shape index (κ3) is 1.16. The lowest BCUT2D eigenvalue weighted by Crippen LogP contribution is -2.42. The Morgan fingerprint density at radius 2 is 2.43 bits per heavy atom. The molecular weight excluding hydrogens is 214 g/mol. The number of fused-ring (bicyclic) bond motifs is 2. The molecule has 0 aliphatic carbocycles. The highest BCUT2D eigenvalue weighted by molar-refractivity contribution is 8.22. The van der Waals surface area contributed by atoms with Gasteiger partial charge in [-0.1, -0.05) is 11.8 Å². The van der Waals surface area contributed by atoms with Crippen LogP contribution in [0.2, 0.25) is 0 Å². The molecule has 3 nitrogen and oxygen atoms in total. The Morgan fingerprint density at radius 1 is 1.50 bits per heavy atom.